The van der Waals surface area contributed by atoms with Crippen LogP contribution in [0.5, 0.6) is 0 Å². The van der Waals surface area contributed by atoms with Crippen LogP contribution in [-0.4, -0.2) is 19.1 Å². The lowest BCUT2D eigenvalue weighted by Gasteiger charge is -2.18. The van der Waals surface area contributed by atoms with E-state index in [0.29, 0.717) is 12.5 Å². The minimum absolute atomic E-state index is 0.184. The molecule has 0 saturated carbocycles. The van der Waals surface area contributed by atoms with Crippen molar-refractivity contribution < 1.29 is 9.53 Å². The van der Waals surface area contributed by atoms with E-state index in [9.17, 15) is 4.79 Å². The van der Waals surface area contributed by atoms with Crippen molar-refractivity contribution in [2.24, 2.45) is 5.92 Å². The van der Waals surface area contributed by atoms with Crippen LogP contribution in [0.25, 0.3) is 0 Å². The number of aryl methyl sites for hydroxylation is 1. The first-order valence-corrected chi connectivity index (χ1v) is 6.39. The highest BCUT2D eigenvalue weighted by Crippen LogP contribution is 2.08. The molecule has 0 spiro atoms. The highest BCUT2D eigenvalue weighted by atomic mass is 16.5. The van der Waals surface area contributed by atoms with Gasteiger partial charge in [-0.2, -0.15) is 0 Å². The molecule has 0 radical (unpaired) electrons. The molecule has 0 heterocycles. The molecule has 0 aliphatic carbocycles. The van der Waals surface area contributed by atoms with Crippen LogP contribution < -0.4 is 5.32 Å². The third kappa shape index (κ3) is 4.88. The number of methoxy groups -OCH3 is 1. The summed E-state index contributed by atoms with van der Waals surface area (Å²) in [5, 5.41) is 3.26. The summed E-state index contributed by atoms with van der Waals surface area (Å²) in [6, 6.07) is 8.08. The van der Waals surface area contributed by atoms with Gasteiger partial charge in [0.15, 0.2) is 0 Å². The number of esters is 1. The smallest absolute Gasteiger partial charge is 0.322 e. The first kappa shape index (κ1) is 14.7. The lowest BCUT2D eigenvalue weighted by Crippen LogP contribution is -2.38. The van der Waals surface area contributed by atoms with E-state index in [1.165, 1.54) is 18.2 Å². The molecule has 0 saturated heterocycles. The summed E-state index contributed by atoms with van der Waals surface area (Å²) in [5.41, 5.74) is 2.42. The first-order valence-electron chi connectivity index (χ1n) is 6.39. The summed E-state index contributed by atoms with van der Waals surface area (Å²) in [5.74, 6) is 0.274. The molecular formula is C15H23NO2. The Balaban J connectivity index is 2.55. The Kier molecular flexibility index (Phi) is 5.86. The predicted molar refractivity (Wildman–Crippen MR) is 73.3 cm³/mol. The van der Waals surface area contributed by atoms with E-state index in [1.54, 1.807) is 0 Å². The van der Waals surface area contributed by atoms with Crippen LogP contribution >= 0.6 is 0 Å². The van der Waals surface area contributed by atoms with Crippen molar-refractivity contribution in [1.82, 2.24) is 5.32 Å². The molecule has 1 aromatic rings. The summed E-state index contributed by atoms with van der Waals surface area (Å²) in [7, 11) is 1.43. The molecule has 1 unspecified atom stereocenters. The summed E-state index contributed by atoms with van der Waals surface area (Å²) in [6.45, 7) is 6.95. The van der Waals surface area contributed by atoms with E-state index in [1.807, 2.05) is 0 Å². The van der Waals surface area contributed by atoms with Gasteiger partial charge in [-0.15, -0.1) is 0 Å². The van der Waals surface area contributed by atoms with Crippen LogP contribution in [-0.2, 0) is 16.1 Å². The average Bonchev–Trinajstić information content (AvgIpc) is 2.35. The molecule has 1 atom stereocenters. The summed E-state index contributed by atoms with van der Waals surface area (Å²) >= 11 is 0. The molecule has 0 aliphatic rings. The van der Waals surface area contributed by atoms with Crippen LogP contribution in [0, 0.1) is 12.8 Å². The number of hydrogen-bond donors (Lipinski definition) is 1. The molecule has 1 aromatic carbocycles. The second-order valence-corrected chi connectivity index (χ2v) is 5.07. The number of rotatable bonds is 6. The zero-order chi connectivity index (χ0) is 13.5. The van der Waals surface area contributed by atoms with E-state index in [4.69, 9.17) is 4.74 Å². The number of carbonyl (C=O) groups excluding carboxylic acids is 1. The molecule has 0 amide bonds. The molecule has 0 aromatic heterocycles. The minimum atomic E-state index is -0.226. The quantitative estimate of drug-likeness (QED) is 0.788. The molecule has 100 valence electrons. The Labute approximate surface area is 110 Å². The summed E-state index contributed by atoms with van der Waals surface area (Å²) in [6.07, 6.45) is 0.790. The monoisotopic (exact) mass is 249 g/mol. The largest absolute Gasteiger partial charge is 0.468 e. The van der Waals surface area contributed by atoms with Gasteiger partial charge in [0.25, 0.3) is 0 Å². The van der Waals surface area contributed by atoms with Crippen LogP contribution in [0.15, 0.2) is 24.3 Å². The number of ether oxygens (including phenoxy) is 1. The van der Waals surface area contributed by atoms with Gasteiger partial charge in [-0.25, -0.2) is 0 Å². The molecule has 18 heavy (non-hydrogen) atoms. The summed E-state index contributed by atoms with van der Waals surface area (Å²) in [4.78, 5) is 11.6. The lowest BCUT2D eigenvalue weighted by atomic mass is 10.0. The van der Waals surface area contributed by atoms with Crippen molar-refractivity contribution in [1.29, 1.82) is 0 Å². The number of carbonyl (C=O) groups is 1. The zero-order valence-electron chi connectivity index (χ0n) is 11.7. The van der Waals surface area contributed by atoms with Gasteiger partial charge in [0.1, 0.15) is 6.04 Å². The molecule has 1 rings (SSSR count). The van der Waals surface area contributed by atoms with Crippen molar-refractivity contribution in [2.75, 3.05) is 7.11 Å². The Morgan fingerprint density at radius 1 is 1.28 bits per heavy atom. The Morgan fingerprint density at radius 2 is 1.89 bits per heavy atom. The van der Waals surface area contributed by atoms with E-state index >= 15 is 0 Å². The second-order valence-electron chi connectivity index (χ2n) is 5.07. The van der Waals surface area contributed by atoms with E-state index in [-0.39, 0.29) is 12.0 Å². The lowest BCUT2D eigenvalue weighted by molar-refractivity contribution is -0.143. The van der Waals surface area contributed by atoms with Gasteiger partial charge < -0.3 is 10.1 Å². The van der Waals surface area contributed by atoms with E-state index in [2.05, 4.69) is 50.4 Å². The number of benzene rings is 1. The summed E-state index contributed by atoms with van der Waals surface area (Å²) < 4.78 is 4.82. The Morgan fingerprint density at radius 3 is 2.39 bits per heavy atom. The Hall–Kier alpha value is -1.35. The molecule has 0 aliphatic heterocycles. The average molecular weight is 249 g/mol. The van der Waals surface area contributed by atoms with Crippen molar-refractivity contribution in [2.45, 2.75) is 39.8 Å². The molecule has 3 nitrogen and oxygen atoms in total. The molecule has 3 heteroatoms. The molecule has 1 N–H and O–H groups in total. The van der Waals surface area contributed by atoms with Crippen molar-refractivity contribution >= 4 is 5.97 Å². The SMILES string of the molecule is COC(=O)C(CC(C)C)NCc1ccc(C)cc1. The maximum absolute atomic E-state index is 11.6. The first-order chi connectivity index (χ1) is 8.52. The van der Waals surface area contributed by atoms with Crippen LogP contribution in [0.1, 0.15) is 31.4 Å². The fourth-order valence-electron chi connectivity index (χ4n) is 1.82. The third-order valence-electron chi connectivity index (χ3n) is 2.87. The van der Waals surface area contributed by atoms with Crippen LogP contribution in [0.4, 0.5) is 0 Å². The topological polar surface area (TPSA) is 38.3 Å². The van der Waals surface area contributed by atoms with Gasteiger partial charge in [-0.1, -0.05) is 43.7 Å². The van der Waals surface area contributed by atoms with Gasteiger partial charge >= 0.3 is 5.97 Å². The van der Waals surface area contributed by atoms with Gasteiger partial charge in [0.2, 0.25) is 0 Å². The maximum atomic E-state index is 11.6. The molecular weight excluding hydrogens is 226 g/mol. The maximum Gasteiger partial charge on any atom is 0.322 e. The third-order valence-corrected chi connectivity index (χ3v) is 2.87. The zero-order valence-corrected chi connectivity index (χ0v) is 11.7. The fourth-order valence-corrected chi connectivity index (χ4v) is 1.82. The Bertz CT molecular complexity index is 371. The highest BCUT2D eigenvalue weighted by Gasteiger charge is 2.19. The number of nitrogens with one attached hydrogen (secondary N) is 1. The van der Waals surface area contributed by atoms with Gasteiger partial charge in [-0.05, 0) is 24.8 Å². The van der Waals surface area contributed by atoms with Gasteiger partial charge in [-0.3, -0.25) is 4.79 Å². The predicted octanol–water partition coefficient (Wildman–Crippen LogP) is 2.67. The van der Waals surface area contributed by atoms with Gasteiger partial charge in [0, 0.05) is 6.54 Å². The number of hydrogen-bond acceptors (Lipinski definition) is 3. The van der Waals surface area contributed by atoms with E-state index in [0.717, 1.165) is 6.42 Å². The van der Waals surface area contributed by atoms with Crippen molar-refractivity contribution in [3.8, 4) is 0 Å². The fraction of sp³-hybridized carbons (Fsp3) is 0.533. The molecule has 0 bridgehead atoms. The van der Waals surface area contributed by atoms with Crippen molar-refractivity contribution in [3.05, 3.63) is 35.4 Å². The van der Waals surface area contributed by atoms with Gasteiger partial charge in [0.05, 0.1) is 7.11 Å². The highest BCUT2D eigenvalue weighted by molar-refractivity contribution is 5.75. The van der Waals surface area contributed by atoms with E-state index < -0.39 is 0 Å². The normalized spacial score (nSPS) is 12.5. The standard InChI is InChI=1S/C15H23NO2/c1-11(2)9-14(15(17)18-4)16-10-13-7-5-12(3)6-8-13/h5-8,11,14,16H,9-10H2,1-4H3. The minimum Gasteiger partial charge on any atom is -0.468 e. The van der Waals surface area contributed by atoms with Crippen molar-refractivity contribution in [3.63, 3.8) is 0 Å². The second kappa shape index (κ2) is 7.17. The molecule has 0 fully saturated rings. The van der Waals surface area contributed by atoms with Crippen LogP contribution in [0.2, 0.25) is 0 Å². The van der Waals surface area contributed by atoms with Crippen LogP contribution in [0.3, 0.4) is 0 Å².